The van der Waals surface area contributed by atoms with Gasteiger partial charge in [-0.25, -0.2) is 39.9 Å². The summed E-state index contributed by atoms with van der Waals surface area (Å²) >= 11 is 0. The van der Waals surface area contributed by atoms with Crippen molar-refractivity contribution in [2.45, 2.75) is 0 Å². The Labute approximate surface area is 186 Å². The summed E-state index contributed by atoms with van der Waals surface area (Å²) in [5, 5.41) is 56.7. The molecule has 0 saturated heterocycles. The van der Waals surface area contributed by atoms with Crippen molar-refractivity contribution in [1.82, 2.24) is 39.9 Å². The van der Waals surface area contributed by atoms with Crippen LogP contribution in [0.5, 0.6) is 0 Å². The van der Waals surface area contributed by atoms with Crippen LogP contribution in [0, 0.1) is 68.0 Å². The monoisotopic (exact) mass is 436 g/mol. The lowest BCUT2D eigenvalue weighted by atomic mass is 10.0. The van der Waals surface area contributed by atoms with E-state index < -0.39 is 0 Å². The predicted molar refractivity (Wildman–Crippen MR) is 107 cm³/mol. The van der Waals surface area contributed by atoms with E-state index in [-0.39, 0.29) is 78.6 Å². The van der Waals surface area contributed by atoms with Crippen molar-refractivity contribution in [2.75, 3.05) is 0 Å². The van der Waals surface area contributed by atoms with E-state index in [0.29, 0.717) is 0 Å². The summed E-state index contributed by atoms with van der Waals surface area (Å²) in [4.78, 5) is 32.9. The molecular weight excluding hydrogens is 436 g/mol. The van der Waals surface area contributed by atoms with Crippen molar-refractivity contribution in [3.63, 3.8) is 0 Å². The van der Waals surface area contributed by atoms with Crippen LogP contribution in [-0.2, 0) is 0 Å². The molecule has 1 aromatic carbocycles. The van der Waals surface area contributed by atoms with Crippen LogP contribution in [0.4, 0.5) is 0 Å². The highest BCUT2D eigenvalue weighted by Gasteiger charge is 2.24. The summed E-state index contributed by atoms with van der Waals surface area (Å²) < 4.78 is 0. The Morgan fingerprint density at radius 1 is 0.353 bits per heavy atom. The van der Waals surface area contributed by atoms with Gasteiger partial charge < -0.3 is 0 Å². The van der Waals surface area contributed by atoms with Gasteiger partial charge in [-0.2, -0.15) is 31.6 Å². The summed E-state index contributed by atoms with van der Waals surface area (Å²) in [6.07, 6.45) is 0. The normalized spacial score (nSPS) is 10.2. The summed E-state index contributed by atoms with van der Waals surface area (Å²) in [7, 11) is 0. The summed E-state index contributed by atoms with van der Waals surface area (Å²) in [6.45, 7) is 0. The third-order valence-corrected chi connectivity index (χ3v) is 4.66. The van der Waals surface area contributed by atoms with E-state index in [1.165, 1.54) is 0 Å². The molecule has 34 heavy (non-hydrogen) atoms. The van der Waals surface area contributed by atoms with Crippen molar-refractivity contribution < 1.29 is 0 Å². The molecule has 0 aliphatic heterocycles. The van der Waals surface area contributed by atoms with E-state index in [0.717, 1.165) is 0 Å². The third kappa shape index (κ3) is 2.55. The fourth-order valence-electron chi connectivity index (χ4n) is 3.36. The first kappa shape index (κ1) is 19.5. The van der Waals surface area contributed by atoms with E-state index in [1.54, 1.807) is 24.3 Å². The topological polar surface area (TPSA) is 246 Å². The maximum atomic E-state index is 9.71. The molecule has 0 bridgehead atoms. The highest BCUT2D eigenvalue weighted by Crippen LogP contribution is 2.34. The van der Waals surface area contributed by atoms with E-state index in [9.17, 15) is 31.6 Å². The Kier molecular flexibility index (Phi) is 4.04. The van der Waals surface area contributed by atoms with Gasteiger partial charge in [-0.1, -0.05) is 0 Å². The molecule has 0 aliphatic carbocycles. The SMILES string of the molecule is N#Cc1nc(C#N)c2c(n1)c1nc(C#N)nc(C#N)c1c1nc3nc(C#N)c(C#N)nc3nc12. The van der Waals surface area contributed by atoms with Gasteiger partial charge in [-0.05, 0) is 0 Å². The third-order valence-electron chi connectivity index (χ3n) is 4.66. The molecule has 0 fully saturated rings. The molecular formula is C20N14. The standard InChI is InChI=1S/C20N14/c21-1-7-8(2-22)30-20-19(29-7)33-17-13-9(3-23)27-11(5-25)31-15(13)16-14(18(17)34-20)10(4-24)28-12(6-26)32-16. The summed E-state index contributed by atoms with van der Waals surface area (Å²) in [5.74, 6) is -0.696. The molecule has 5 aromatic rings. The van der Waals surface area contributed by atoms with Crippen LogP contribution in [0.15, 0.2) is 0 Å². The predicted octanol–water partition coefficient (Wildman–Crippen LogP) is 0.689. The van der Waals surface area contributed by atoms with E-state index in [2.05, 4.69) is 39.9 Å². The molecule has 0 spiro atoms. The average Bonchev–Trinajstić information content (AvgIpc) is 2.89. The minimum absolute atomic E-state index is 0.00347. The molecule has 4 aromatic heterocycles. The highest BCUT2D eigenvalue weighted by molar-refractivity contribution is 6.23. The van der Waals surface area contributed by atoms with Crippen molar-refractivity contribution in [1.29, 1.82) is 31.6 Å². The van der Waals surface area contributed by atoms with Gasteiger partial charge >= 0.3 is 0 Å². The van der Waals surface area contributed by atoms with Crippen LogP contribution in [0.25, 0.3) is 44.1 Å². The Hall–Kier alpha value is -6.48. The summed E-state index contributed by atoms with van der Waals surface area (Å²) in [6, 6.07) is 10.7. The zero-order chi connectivity index (χ0) is 24.0. The second kappa shape index (κ2) is 7.04. The van der Waals surface area contributed by atoms with Crippen LogP contribution in [-0.4, -0.2) is 39.9 Å². The van der Waals surface area contributed by atoms with Gasteiger partial charge in [0, 0.05) is 0 Å². The van der Waals surface area contributed by atoms with E-state index in [1.807, 2.05) is 12.1 Å². The number of nitriles is 6. The van der Waals surface area contributed by atoms with Crippen molar-refractivity contribution in [3.05, 3.63) is 34.4 Å². The Balaban J connectivity index is 2.18. The molecule has 0 aliphatic rings. The Morgan fingerprint density at radius 2 is 0.706 bits per heavy atom. The molecule has 0 amide bonds. The number of rotatable bonds is 0. The van der Waals surface area contributed by atoms with E-state index >= 15 is 0 Å². The lowest BCUT2D eigenvalue weighted by Crippen LogP contribution is -2.05. The molecule has 150 valence electrons. The molecule has 4 heterocycles. The first-order chi connectivity index (χ1) is 16.6. The molecule has 0 radical (unpaired) electrons. The van der Waals surface area contributed by atoms with Crippen LogP contribution in [0.1, 0.15) is 34.4 Å². The first-order valence-corrected chi connectivity index (χ1v) is 8.92. The van der Waals surface area contributed by atoms with Gasteiger partial charge in [0.15, 0.2) is 34.1 Å². The second-order valence-corrected chi connectivity index (χ2v) is 6.40. The van der Waals surface area contributed by atoms with Crippen molar-refractivity contribution in [2.24, 2.45) is 0 Å². The van der Waals surface area contributed by atoms with Gasteiger partial charge in [0.2, 0.25) is 11.6 Å². The molecule has 0 saturated carbocycles. The zero-order valence-corrected chi connectivity index (χ0v) is 16.3. The molecule has 0 unspecified atom stereocenters. The van der Waals surface area contributed by atoms with E-state index in [4.69, 9.17) is 0 Å². The highest BCUT2D eigenvalue weighted by atomic mass is 15.0. The molecule has 0 N–H and O–H groups in total. The van der Waals surface area contributed by atoms with Crippen molar-refractivity contribution >= 4 is 44.1 Å². The molecule has 14 nitrogen and oxygen atoms in total. The minimum atomic E-state index is -0.348. The Bertz CT molecular complexity index is 1890. The first-order valence-electron chi connectivity index (χ1n) is 8.92. The number of fused-ring (bicyclic) bond motifs is 7. The lowest BCUT2D eigenvalue weighted by molar-refractivity contribution is 1.11. The van der Waals surface area contributed by atoms with Crippen LogP contribution < -0.4 is 0 Å². The number of nitrogens with zero attached hydrogens (tertiary/aromatic N) is 14. The number of hydrogen-bond donors (Lipinski definition) is 0. The van der Waals surface area contributed by atoms with Gasteiger partial charge in [-0.3, -0.25) is 0 Å². The fraction of sp³-hybridized carbons (Fsp3) is 0. The number of hydrogen-bond acceptors (Lipinski definition) is 14. The second-order valence-electron chi connectivity index (χ2n) is 6.40. The maximum Gasteiger partial charge on any atom is 0.234 e. The zero-order valence-electron chi connectivity index (χ0n) is 16.3. The minimum Gasteiger partial charge on any atom is -0.223 e. The van der Waals surface area contributed by atoms with Gasteiger partial charge in [0.05, 0.1) is 10.8 Å². The Morgan fingerprint density at radius 3 is 1.03 bits per heavy atom. The van der Waals surface area contributed by atoms with Crippen molar-refractivity contribution in [3.8, 4) is 36.4 Å². The molecule has 5 rings (SSSR count). The lowest BCUT2D eigenvalue weighted by Gasteiger charge is -2.10. The largest absolute Gasteiger partial charge is 0.234 e. The maximum absolute atomic E-state index is 9.71. The summed E-state index contributed by atoms with van der Waals surface area (Å²) in [5.41, 5.74) is -1.33. The van der Waals surface area contributed by atoms with Gasteiger partial charge in [0.25, 0.3) is 0 Å². The van der Waals surface area contributed by atoms with Crippen LogP contribution in [0.3, 0.4) is 0 Å². The number of aromatic nitrogens is 8. The van der Waals surface area contributed by atoms with Gasteiger partial charge in [-0.15, -0.1) is 0 Å². The number of benzene rings is 1. The quantitative estimate of drug-likeness (QED) is 0.239. The molecule has 14 heteroatoms. The molecule has 0 atom stereocenters. The smallest absolute Gasteiger partial charge is 0.223 e. The van der Waals surface area contributed by atoms with Crippen LogP contribution in [0.2, 0.25) is 0 Å². The average molecular weight is 436 g/mol. The van der Waals surface area contributed by atoms with Crippen LogP contribution >= 0.6 is 0 Å². The fourth-order valence-corrected chi connectivity index (χ4v) is 3.36. The van der Waals surface area contributed by atoms with Gasteiger partial charge in [0.1, 0.15) is 58.5 Å².